The van der Waals surface area contributed by atoms with Gasteiger partial charge in [0.15, 0.2) is 0 Å². The molecule has 2 aliphatic rings. The summed E-state index contributed by atoms with van der Waals surface area (Å²) in [6.07, 6.45) is 3.41. The molecule has 0 radical (unpaired) electrons. The van der Waals surface area contributed by atoms with Crippen LogP contribution in [0.15, 0.2) is 0 Å². The average Bonchev–Trinajstić information content (AvgIpc) is 2.60. The zero-order chi connectivity index (χ0) is 21.8. The Morgan fingerprint density at radius 2 is 1.79 bits per heavy atom. The third kappa shape index (κ3) is 6.98. The van der Waals surface area contributed by atoms with Gasteiger partial charge in [-0.15, -0.1) is 0 Å². The Morgan fingerprint density at radius 3 is 2.31 bits per heavy atom. The maximum Gasteiger partial charge on any atom is 0.245 e. The molecule has 2 aliphatic heterocycles. The fourth-order valence-corrected chi connectivity index (χ4v) is 4.50. The molecule has 0 aromatic rings. The summed E-state index contributed by atoms with van der Waals surface area (Å²) in [4.78, 5) is 41.5. The Labute approximate surface area is 175 Å². The van der Waals surface area contributed by atoms with Gasteiger partial charge >= 0.3 is 0 Å². The van der Waals surface area contributed by atoms with E-state index in [1.165, 1.54) is 0 Å². The van der Waals surface area contributed by atoms with Crippen molar-refractivity contribution >= 4 is 17.7 Å². The molecule has 0 unspecified atom stereocenters. The van der Waals surface area contributed by atoms with E-state index in [4.69, 9.17) is 5.73 Å². The molecule has 166 valence electrons. The van der Waals surface area contributed by atoms with Gasteiger partial charge in [-0.2, -0.15) is 0 Å². The Hall–Kier alpha value is -1.63. The maximum atomic E-state index is 13.4. The average molecular weight is 409 g/mol. The lowest BCUT2D eigenvalue weighted by molar-refractivity contribution is -0.150. The number of carbonyl (C=O) groups is 3. The third-order valence-electron chi connectivity index (χ3n) is 5.91. The first-order chi connectivity index (χ1) is 13.5. The number of carbonyl (C=O) groups excluding carboxylic acids is 3. The summed E-state index contributed by atoms with van der Waals surface area (Å²) in [5, 5.41) is 3.35. The van der Waals surface area contributed by atoms with Gasteiger partial charge in [-0.3, -0.25) is 14.4 Å². The molecule has 29 heavy (non-hydrogen) atoms. The third-order valence-corrected chi connectivity index (χ3v) is 5.91. The van der Waals surface area contributed by atoms with Crippen molar-refractivity contribution < 1.29 is 14.4 Å². The van der Waals surface area contributed by atoms with E-state index < -0.39 is 6.04 Å². The zero-order valence-corrected chi connectivity index (χ0v) is 18.9. The van der Waals surface area contributed by atoms with Crippen molar-refractivity contribution in [2.24, 2.45) is 23.0 Å². The van der Waals surface area contributed by atoms with Gasteiger partial charge in [-0.05, 0) is 42.9 Å². The molecule has 0 aliphatic carbocycles. The van der Waals surface area contributed by atoms with Crippen molar-refractivity contribution in [3.8, 4) is 0 Å². The van der Waals surface area contributed by atoms with Crippen molar-refractivity contribution in [1.29, 1.82) is 0 Å². The molecule has 0 aromatic heterocycles. The van der Waals surface area contributed by atoms with Crippen LogP contribution in [0.4, 0.5) is 0 Å². The molecule has 2 rings (SSSR count). The maximum absolute atomic E-state index is 13.4. The van der Waals surface area contributed by atoms with E-state index >= 15 is 0 Å². The first-order valence-electron chi connectivity index (χ1n) is 11.1. The van der Waals surface area contributed by atoms with Gasteiger partial charge < -0.3 is 20.9 Å². The minimum atomic E-state index is -0.403. The van der Waals surface area contributed by atoms with Crippen LogP contribution in [0, 0.1) is 17.3 Å². The zero-order valence-electron chi connectivity index (χ0n) is 18.9. The number of piperidine rings is 1. The number of nitrogens with two attached hydrogens (primary N) is 1. The summed E-state index contributed by atoms with van der Waals surface area (Å²) in [5.41, 5.74) is 5.36. The van der Waals surface area contributed by atoms with Gasteiger partial charge in [-0.25, -0.2) is 0 Å². The molecule has 0 aromatic carbocycles. The van der Waals surface area contributed by atoms with Crippen LogP contribution in [0.5, 0.6) is 0 Å². The first kappa shape index (κ1) is 23.6. The second kappa shape index (κ2) is 9.92. The van der Waals surface area contributed by atoms with Crippen LogP contribution < -0.4 is 11.1 Å². The quantitative estimate of drug-likeness (QED) is 0.671. The molecular formula is C22H40N4O3. The van der Waals surface area contributed by atoms with E-state index in [1.54, 1.807) is 0 Å². The number of primary amides is 1. The van der Waals surface area contributed by atoms with E-state index in [2.05, 4.69) is 39.9 Å². The Balaban J connectivity index is 2.09. The van der Waals surface area contributed by atoms with Gasteiger partial charge in [0.2, 0.25) is 17.7 Å². The van der Waals surface area contributed by atoms with E-state index in [0.29, 0.717) is 38.4 Å². The number of piperazine rings is 1. The van der Waals surface area contributed by atoms with Crippen LogP contribution >= 0.6 is 0 Å². The highest BCUT2D eigenvalue weighted by atomic mass is 16.2. The van der Waals surface area contributed by atoms with Crippen molar-refractivity contribution in [1.82, 2.24) is 15.1 Å². The van der Waals surface area contributed by atoms with Crippen molar-refractivity contribution in [2.75, 3.05) is 26.2 Å². The van der Waals surface area contributed by atoms with Crippen LogP contribution in [-0.2, 0) is 14.4 Å². The fraction of sp³-hybridized carbons (Fsp3) is 0.864. The summed E-state index contributed by atoms with van der Waals surface area (Å²) in [6, 6.07) is -0.632. The van der Waals surface area contributed by atoms with Gasteiger partial charge in [0.05, 0.1) is 6.04 Å². The summed E-state index contributed by atoms with van der Waals surface area (Å²) < 4.78 is 0. The molecule has 2 heterocycles. The van der Waals surface area contributed by atoms with Gasteiger partial charge in [-0.1, -0.05) is 34.6 Å². The number of hydrogen-bond acceptors (Lipinski definition) is 4. The molecule has 7 heteroatoms. The Bertz CT molecular complexity index is 591. The minimum Gasteiger partial charge on any atom is -0.370 e. The molecule has 0 spiro atoms. The highest BCUT2D eigenvalue weighted by Crippen LogP contribution is 2.26. The molecule has 3 N–H and O–H groups in total. The molecule has 3 amide bonds. The fourth-order valence-electron chi connectivity index (χ4n) is 4.50. The molecule has 0 bridgehead atoms. The van der Waals surface area contributed by atoms with E-state index in [1.807, 2.05) is 9.80 Å². The highest BCUT2D eigenvalue weighted by Gasteiger charge is 2.40. The molecular weight excluding hydrogens is 368 g/mol. The lowest BCUT2D eigenvalue weighted by Gasteiger charge is -2.42. The van der Waals surface area contributed by atoms with Crippen LogP contribution in [-0.4, -0.2) is 65.8 Å². The molecule has 2 atom stereocenters. The second-order valence-corrected chi connectivity index (χ2v) is 10.4. The SMILES string of the molecule is CC(C)C[C@@H](C(=O)N1CCC(CC(N)=O)CC1)N1CCN[C@@H](CC(C)(C)C)C1=O. The predicted octanol–water partition coefficient (Wildman–Crippen LogP) is 1.75. The highest BCUT2D eigenvalue weighted by molar-refractivity contribution is 5.90. The predicted molar refractivity (Wildman–Crippen MR) is 114 cm³/mol. The molecule has 0 saturated carbocycles. The molecule has 7 nitrogen and oxygen atoms in total. The van der Waals surface area contributed by atoms with Gasteiger partial charge in [0.25, 0.3) is 0 Å². The van der Waals surface area contributed by atoms with Crippen molar-refractivity contribution in [3.63, 3.8) is 0 Å². The second-order valence-electron chi connectivity index (χ2n) is 10.4. The smallest absolute Gasteiger partial charge is 0.245 e. The molecule has 2 saturated heterocycles. The molecule has 2 fully saturated rings. The Kier molecular flexibility index (Phi) is 8.09. The van der Waals surface area contributed by atoms with Crippen LogP contribution in [0.25, 0.3) is 0 Å². The van der Waals surface area contributed by atoms with E-state index in [9.17, 15) is 14.4 Å². The summed E-state index contributed by atoms with van der Waals surface area (Å²) in [7, 11) is 0. The number of nitrogens with one attached hydrogen (secondary N) is 1. The largest absolute Gasteiger partial charge is 0.370 e. The number of hydrogen-bond donors (Lipinski definition) is 2. The van der Waals surface area contributed by atoms with Crippen LogP contribution in [0.2, 0.25) is 0 Å². The monoisotopic (exact) mass is 408 g/mol. The van der Waals surface area contributed by atoms with E-state index in [0.717, 1.165) is 25.8 Å². The van der Waals surface area contributed by atoms with Crippen LogP contribution in [0.1, 0.15) is 66.7 Å². The summed E-state index contributed by atoms with van der Waals surface area (Å²) >= 11 is 0. The minimum absolute atomic E-state index is 0.0379. The van der Waals surface area contributed by atoms with Crippen molar-refractivity contribution in [2.45, 2.75) is 78.8 Å². The topological polar surface area (TPSA) is 95.7 Å². The first-order valence-corrected chi connectivity index (χ1v) is 11.1. The lowest BCUT2D eigenvalue weighted by atomic mass is 9.86. The number of rotatable bonds is 7. The van der Waals surface area contributed by atoms with Gasteiger partial charge in [0, 0.05) is 32.6 Å². The van der Waals surface area contributed by atoms with Crippen LogP contribution in [0.3, 0.4) is 0 Å². The summed E-state index contributed by atoms with van der Waals surface area (Å²) in [5.74, 6) is 0.413. The Morgan fingerprint density at radius 1 is 1.17 bits per heavy atom. The normalized spacial score (nSPS) is 22.8. The van der Waals surface area contributed by atoms with Gasteiger partial charge in [0.1, 0.15) is 6.04 Å². The number of amides is 3. The lowest BCUT2D eigenvalue weighted by Crippen LogP contribution is -2.62. The summed E-state index contributed by atoms with van der Waals surface area (Å²) in [6.45, 7) is 13.1. The standard InChI is InChI=1S/C22H40N4O3/c1-15(2)12-18(21(29)25-9-6-16(7-10-25)13-19(23)27)26-11-8-24-17(20(26)28)14-22(3,4)5/h15-18,24H,6-14H2,1-5H3,(H2,23,27)/t17-,18-/m0/s1. The number of nitrogens with zero attached hydrogens (tertiary/aromatic N) is 2. The van der Waals surface area contributed by atoms with E-state index in [-0.39, 0.29) is 35.1 Å². The van der Waals surface area contributed by atoms with Crippen molar-refractivity contribution in [3.05, 3.63) is 0 Å². The number of likely N-dealkylation sites (tertiary alicyclic amines) is 1.